The summed E-state index contributed by atoms with van der Waals surface area (Å²) in [6.07, 6.45) is 0. The standard InChI is InChI=1S/C8H8O/c1-8(2)6-4-3-5-7-9/h9H,1,7H2,2H3. The molecule has 0 amide bonds. The maximum atomic E-state index is 8.17. The van der Waals surface area contributed by atoms with Gasteiger partial charge in [-0.1, -0.05) is 18.4 Å². The zero-order valence-electron chi connectivity index (χ0n) is 5.36. The minimum absolute atomic E-state index is 0.134. The molecule has 1 N–H and O–H groups in total. The molecular weight excluding hydrogens is 112 g/mol. The number of aliphatic hydroxyl groups excluding tert-OH is 1. The van der Waals surface area contributed by atoms with Crippen molar-refractivity contribution in [3.63, 3.8) is 0 Å². The van der Waals surface area contributed by atoms with Crippen molar-refractivity contribution >= 4 is 0 Å². The summed E-state index contributed by atoms with van der Waals surface area (Å²) < 4.78 is 0. The predicted molar refractivity (Wildman–Crippen MR) is 37.5 cm³/mol. The third-order valence-electron chi connectivity index (χ3n) is 0.506. The Balaban J connectivity index is 3.76. The summed E-state index contributed by atoms with van der Waals surface area (Å²) in [6, 6.07) is 0. The minimum Gasteiger partial charge on any atom is -0.384 e. The average Bonchev–Trinajstić information content (AvgIpc) is 1.80. The lowest BCUT2D eigenvalue weighted by atomic mass is 10.3. The fourth-order valence-electron chi connectivity index (χ4n) is 0.222. The smallest absolute Gasteiger partial charge is 0.105 e. The molecule has 0 saturated heterocycles. The average molecular weight is 120 g/mol. The Bertz CT molecular complexity index is 204. The van der Waals surface area contributed by atoms with Crippen LogP contribution in [-0.2, 0) is 0 Å². The summed E-state index contributed by atoms with van der Waals surface area (Å²) >= 11 is 0. The van der Waals surface area contributed by atoms with Crippen LogP contribution in [0.15, 0.2) is 12.2 Å². The molecule has 1 nitrogen and oxygen atoms in total. The maximum absolute atomic E-state index is 8.17. The van der Waals surface area contributed by atoms with E-state index in [0.29, 0.717) is 0 Å². The van der Waals surface area contributed by atoms with E-state index in [1.165, 1.54) is 0 Å². The van der Waals surface area contributed by atoms with Crippen LogP contribution < -0.4 is 0 Å². The van der Waals surface area contributed by atoms with Gasteiger partial charge in [0.15, 0.2) is 0 Å². The van der Waals surface area contributed by atoms with Gasteiger partial charge < -0.3 is 5.11 Å². The van der Waals surface area contributed by atoms with Crippen molar-refractivity contribution in [3.8, 4) is 23.7 Å². The summed E-state index contributed by atoms with van der Waals surface area (Å²) in [5.41, 5.74) is 0.780. The van der Waals surface area contributed by atoms with Crippen LogP contribution in [0.4, 0.5) is 0 Å². The number of aliphatic hydroxyl groups is 1. The Morgan fingerprint density at radius 1 is 1.56 bits per heavy atom. The van der Waals surface area contributed by atoms with Crippen molar-refractivity contribution in [2.75, 3.05) is 6.61 Å². The van der Waals surface area contributed by atoms with Crippen LogP contribution in [0.5, 0.6) is 0 Å². The molecule has 0 spiro atoms. The van der Waals surface area contributed by atoms with Gasteiger partial charge in [0.05, 0.1) is 0 Å². The van der Waals surface area contributed by atoms with E-state index in [1.807, 2.05) is 0 Å². The lowest BCUT2D eigenvalue weighted by Crippen LogP contribution is -1.69. The van der Waals surface area contributed by atoms with E-state index in [0.717, 1.165) is 5.57 Å². The predicted octanol–water partition coefficient (Wildman–Crippen LogP) is 0.562. The Hall–Kier alpha value is -1.18. The van der Waals surface area contributed by atoms with Crippen molar-refractivity contribution in [2.45, 2.75) is 6.92 Å². The molecule has 0 heterocycles. The van der Waals surface area contributed by atoms with Gasteiger partial charge in [-0.2, -0.15) is 0 Å². The highest BCUT2D eigenvalue weighted by Crippen LogP contribution is 1.77. The lowest BCUT2D eigenvalue weighted by molar-refractivity contribution is 0.350. The summed E-state index contributed by atoms with van der Waals surface area (Å²) in [5.74, 6) is 10.0. The van der Waals surface area contributed by atoms with Crippen molar-refractivity contribution in [1.29, 1.82) is 0 Å². The van der Waals surface area contributed by atoms with Crippen LogP contribution >= 0.6 is 0 Å². The quantitative estimate of drug-likeness (QED) is 0.463. The monoisotopic (exact) mass is 120 g/mol. The molecule has 9 heavy (non-hydrogen) atoms. The van der Waals surface area contributed by atoms with Crippen LogP contribution in [0.25, 0.3) is 0 Å². The molecule has 0 aliphatic heterocycles. The first-order chi connectivity index (χ1) is 4.27. The first-order valence-electron chi connectivity index (χ1n) is 2.52. The van der Waals surface area contributed by atoms with E-state index in [2.05, 4.69) is 30.3 Å². The molecular formula is C8H8O. The summed E-state index contributed by atoms with van der Waals surface area (Å²) in [6.45, 7) is 5.21. The highest BCUT2D eigenvalue weighted by molar-refractivity contribution is 5.34. The highest BCUT2D eigenvalue weighted by atomic mass is 16.2. The van der Waals surface area contributed by atoms with E-state index in [9.17, 15) is 0 Å². The van der Waals surface area contributed by atoms with Crippen molar-refractivity contribution in [3.05, 3.63) is 12.2 Å². The van der Waals surface area contributed by atoms with Crippen LogP contribution in [-0.4, -0.2) is 11.7 Å². The zero-order chi connectivity index (χ0) is 7.11. The second-order valence-corrected chi connectivity index (χ2v) is 1.49. The Morgan fingerprint density at radius 3 is 2.67 bits per heavy atom. The summed E-state index contributed by atoms with van der Waals surface area (Å²) in [7, 11) is 0. The van der Waals surface area contributed by atoms with Gasteiger partial charge in [0.1, 0.15) is 6.61 Å². The Morgan fingerprint density at radius 2 is 2.22 bits per heavy atom. The van der Waals surface area contributed by atoms with Crippen molar-refractivity contribution < 1.29 is 5.11 Å². The van der Waals surface area contributed by atoms with Gasteiger partial charge in [0, 0.05) is 0 Å². The maximum Gasteiger partial charge on any atom is 0.105 e. The van der Waals surface area contributed by atoms with Gasteiger partial charge in [0.25, 0.3) is 0 Å². The topological polar surface area (TPSA) is 20.2 Å². The third kappa shape index (κ3) is 6.82. The van der Waals surface area contributed by atoms with Gasteiger partial charge >= 0.3 is 0 Å². The molecule has 0 atom stereocenters. The van der Waals surface area contributed by atoms with E-state index < -0.39 is 0 Å². The Kier molecular flexibility index (Phi) is 4.32. The fraction of sp³-hybridized carbons (Fsp3) is 0.250. The SMILES string of the molecule is C=C(C)C#CC#CCO. The number of rotatable bonds is 0. The molecule has 0 fully saturated rings. The molecule has 0 saturated carbocycles. The molecule has 0 rings (SSSR count). The van der Waals surface area contributed by atoms with E-state index >= 15 is 0 Å². The normalized spacial score (nSPS) is 6.00. The molecule has 0 aromatic heterocycles. The van der Waals surface area contributed by atoms with Gasteiger partial charge in [0.2, 0.25) is 0 Å². The van der Waals surface area contributed by atoms with Gasteiger partial charge in [-0.3, -0.25) is 0 Å². The molecule has 46 valence electrons. The van der Waals surface area contributed by atoms with Crippen LogP contribution in [0, 0.1) is 23.7 Å². The molecule has 0 aliphatic carbocycles. The van der Waals surface area contributed by atoms with Crippen LogP contribution in [0.2, 0.25) is 0 Å². The van der Waals surface area contributed by atoms with Gasteiger partial charge in [-0.05, 0) is 24.3 Å². The highest BCUT2D eigenvalue weighted by Gasteiger charge is 1.65. The van der Waals surface area contributed by atoms with Gasteiger partial charge in [-0.15, -0.1) is 0 Å². The van der Waals surface area contributed by atoms with Crippen molar-refractivity contribution in [1.82, 2.24) is 0 Å². The fourth-order valence-corrected chi connectivity index (χ4v) is 0.222. The minimum atomic E-state index is -0.134. The first-order valence-corrected chi connectivity index (χ1v) is 2.52. The lowest BCUT2D eigenvalue weighted by Gasteiger charge is -1.70. The van der Waals surface area contributed by atoms with Gasteiger partial charge in [-0.25, -0.2) is 0 Å². The van der Waals surface area contributed by atoms with E-state index in [1.54, 1.807) is 6.92 Å². The molecule has 0 aromatic carbocycles. The second kappa shape index (κ2) is 4.97. The largest absolute Gasteiger partial charge is 0.384 e. The molecule has 1 heteroatoms. The number of hydrogen-bond acceptors (Lipinski definition) is 1. The third-order valence-corrected chi connectivity index (χ3v) is 0.506. The molecule has 0 bridgehead atoms. The molecule has 0 aromatic rings. The number of allylic oxidation sites excluding steroid dienone is 1. The molecule has 0 radical (unpaired) electrons. The van der Waals surface area contributed by atoms with Crippen LogP contribution in [0.1, 0.15) is 6.92 Å². The zero-order valence-corrected chi connectivity index (χ0v) is 5.36. The summed E-state index contributed by atoms with van der Waals surface area (Å²) in [4.78, 5) is 0. The van der Waals surface area contributed by atoms with E-state index in [4.69, 9.17) is 5.11 Å². The molecule has 0 aliphatic rings. The van der Waals surface area contributed by atoms with Crippen LogP contribution in [0.3, 0.4) is 0 Å². The number of hydrogen-bond donors (Lipinski definition) is 1. The summed E-state index contributed by atoms with van der Waals surface area (Å²) in [5, 5.41) is 8.17. The molecule has 0 unspecified atom stereocenters. The second-order valence-electron chi connectivity index (χ2n) is 1.49. The van der Waals surface area contributed by atoms with Crippen molar-refractivity contribution in [2.24, 2.45) is 0 Å². The Labute approximate surface area is 55.4 Å². The first kappa shape index (κ1) is 7.82. The van der Waals surface area contributed by atoms with E-state index in [-0.39, 0.29) is 6.61 Å².